The summed E-state index contributed by atoms with van der Waals surface area (Å²) in [7, 11) is 0. The first-order chi connectivity index (χ1) is 13.7. The van der Waals surface area contributed by atoms with Crippen molar-refractivity contribution in [2.24, 2.45) is 17.8 Å². The molecular formula is C20H21Cl2N3O4. The van der Waals surface area contributed by atoms with Gasteiger partial charge in [0.25, 0.3) is 11.8 Å². The molecule has 2 saturated carbocycles. The van der Waals surface area contributed by atoms with E-state index in [-0.39, 0.29) is 27.2 Å². The van der Waals surface area contributed by atoms with E-state index < -0.39 is 30.3 Å². The number of nitrogens with one attached hydrogen (secondary N) is 2. The van der Waals surface area contributed by atoms with Crippen LogP contribution < -0.4 is 10.6 Å². The molecule has 0 radical (unpaired) electrons. The summed E-state index contributed by atoms with van der Waals surface area (Å²) in [5.41, 5.74) is 0.179. The smallest absolute Gasteiger partial charge is 0.321 e. The van der Waals surface area contributed by atoms with Gasteiger partial charge in [-0.15, -0.1) is 0 Å². The molecular weight excluding hydrogens is 417 g/mol. The highest BCUT2D eigenvalue weighted by Crippen LogP contribution is 2.49. The second-order valence-electron chi connectivity index (χ2n) is 8.16. The van der Waals surface area contributed by atoms with Crippen molar-refractivity contribution in [2.75, 3.05) is 6.54 Å². The molecule has 0 aromatic heterocycles. The number of carbonyl (C=O) groups excluding carboxylic acids is 4. The van der Waals surface area contributed by atoms with E-state index in [1.807, 2.05) is 6.92 Å². The van der Waals surface area contributed by atoms with Crippen LogP contribution in [0.4, 0.5) is 4.79 Å². The molecule has 7 nitrogen and oxygen atoms in total. The zero-order valence-electron chi connectivity index (χ0n) is 15.8. The Balaban J connectivity index is 1.33. The number of urea groups is 1. The SMILES string of the molecule is CC(NC(=O)NC(=O)CN1C(=O)c2cc(Cl)c(Cl)cc2C1=O)C1CC2CCC1C2. The standard InChI is InChI=1S/C20H21Cl2N3O4/c1-9(12-5-10-2-3-11(12)4-10)23-20(29)24-17(26)8-25-18(27)13-6-15(21)16(22)7-14(13)19(25)28/h6-7,9-12H,2-5,8H2,1H3,(H2,23,24,26,29). The van der Waals surface area contributed by atoms with Gasteiger partial charge in [0, 0.05) is 6.04 Å². The molecule has 1 aromatic rings. The molecule has 0 saturated heterocycles. The van der Waals surface area contributed by atoms with E-state index in [1.165, 1.54) is 31.4 Å². The van der Waals surface area contributed by atoms with Gasteiger partial charge in [0.1, 0.15) is 6.54 Å². The van der Waals surface area contributed by atoms with E-state index in [1.54, 1.807) is 0 Å². The number of imide groups is 2. The third-order valence-electron chi connectivity index (χ3n) is 6.36. The molecule has 4 atom stereocenters. The molecule has 1 aliphatic heterocycles. The first kappa shape index (κ1) is 20.2. The minimum absolute atomic E-state index is 0.0401. The Bertz CT molecular complexity index is 878. The van der Waals surface area contributed by atoms with Crippen LogP contribution in [0.25, 0.3) is 0 Å². The summed E-state index contributed by atoms with van der Waals surface area (Å²) in [6.07, 6.45) is 4.82. The predicted octanol–water partition coefficient (Wildman–Crippen LogP) is 3.24. The Hall–Kier alpha value is -2.12. The lowest BCUT2D eigenvalue weighted by Crippen LogP contribution is -2.49. The van der Waals surface area contributed by atoms with Crippen LogP contribution in [0.15, 0.2) is 12.1 Å². The molecule has 0 spiro atoms. The highest BCUT2D eigenvalue weighted by Gasteiger charge is 2.42. The highest BCUT2D eigenvalue weighted by atomic mass is 35.5. The van der Waals surface area contributed by atoms with E-state index in [2.05, 4.69) is 10.6 Å². The van der Waals surface area contributed by atoms with Crippen molar-refractivity contribution < 1.29 is 19.2 Å². The molecule has 1 aromatic carbocycles. The number of hydrogen-bond donors (Lipinski definition) is 2. The zero-order chi connectivity index (χ0) is 20.9. The molecule has 154 valence electrons. The third kappa shape index (κ3) is 3.73. The number of hydrogen-bond acceptors (Lipinski definition) is 4. The normalized spacial score (nSPS) is 25.9. The van der Waals surface area contributed by atoms with E-state index in [9.17, 15) is 19.2 Å². The van der Waals surface area contributed by atoms with Crippen molar-refractivity contribution >= 4 is 47.0 Å². The van der Waals surface area contributed by atoms with Crippen molar-refractivity contribution in [3.05, 3.63) is 33.3 Å². The fraction of sp³-hybridized carbons (Fsp3) is 0.500. The van der Waals surface area contributed by atoms with Crippen LogP contribution in [0.5, 0.6) is 0 Å². The second kappa shape index (κ2) is 7.61. The average Bonchev–Trinajstić information content (AvgIpc) is 3.34. The topological polar surface area (TPSA) is 95.6 Å². The molecule has 2 N–H and O–H groups in total. The van der Waals surface area contributed by atoms with Crippen LogP contribution in [0.3, 0.4) is 0 Å². The molecule has 29 heavy (non-hydrogen) atoms. The number of nitrogens with zero attached hydrogens (tertiary/aromatic N) is 1. The zero-order valence-corrected chi connectivity index (χ0v) is 17.3. The summed E-state index contributed by atoms with van der Waals surface area (Å²) in [4.78, 5) is 50.1. The number of carbonyl (C=O) groups is 4. The Morgan fingerprint density at radius 1 is 1.10 bits per heavy atom. The first-order valence-corrected chi connectivity index (χ1v) is 10.5. The van der Waals surface area contributed by atoms with E-state index in [0.29, 0.717) is 11.8 Å². The summed E-state index contributed by atoms with van der Waals surface area (Å²) in [6, 6.07) is 1.96. The highest BCUT2D eigenvalue weighted by molar-refractivity contribution is 6.43. The van der Waals surface area contributed by atoms with E-state index >= 15 is 0 Å². The quantitative estimate of drug-likeness (QED) is 0.706. The van der Waals surface area contributed by atoms with Gasteiger partial charge in [-0.3, -0.25) is 24.6 Å². The molecule has 5 amide bonds. The largest absolute Gasteiger partial charge is 0.335 e. The molecule has 1 heterocycles. The molecule has 2 fully saturated rings. The molecule has 3 aliphatic rings. The maximum atomic E-state index is 12.4. The van der Waals surface area contributed by atoms with Gasteiger partial charge in [-0.25, -0.2) is 4.79 Å². The fourth-order valence-electron chi connectivity index (χ4n) is 4.99. The Morgan fingerprint density at radius 2 is 1.72 bits per heavy atom. The number of rotatable bonds is 4. The third-order valence-corrected chi connectivity index (χ3v) is 7.08. The van der Waals surface area contributed by atoms with Crippen LogP contribution in [-0.4, -0.2) is 41.2 Å². The van der Waals surface area contributed by atoms with Gasteiger partial charge in [0.2, 0.25) is 5.91 Å². The van der Waals surface area contributed by atoms with Gasteiger partial charge >= 0.3 is 6.03 Å². The lowest BCUT2D eigenvalue weighted by Gasteiger charge is -2.28. The summed E-state index contributed by atoms with van der Waals surface area (Å²) >= 11 is 11.8. The summed E-state index contributed by atoms with van der Waals surface area (Å²) in [5, 5.41) is 5.32. The second-order valence-corrected chi connectivity index (χ2v) is 8.97. The predicted molar refractivity (Wildman–Crippen MR) is 107 cm³/mol. The number of benzene rings is 1. The molecule has 9 heteroatoms. The molecule has 4 rings (SSSR count). The fourth-order valence-corrected chi connectivity index (χ4v) is 5.32. The van der Waals surface area contributed by atoms with Crippen LogP contribution in [0.1, 0.15) is 53.3 Å². The van der Waals surface area contributed by atoms with Crippen molar-refractivity contribution in [2.45, 2.75) is 38.6 Å². The molecule has 2 bridgehead atoms. The number of halogens is 2. The average molecular weight is 438 g/mol. The van der Waals surface area contributed by atoms with Gasteiger partial charge in [0.05, 0.1) is 21.2 Å². The minimum Gasteiger partial charge on any atom is -0.335 e. The van der Waals surface area contributed by atoms with Gasteiger partial charge in [0.15, 0.2) is 0 Å². The van der Waals surface area contributed by atoms with Crippen molar-refractivity contribution in [3.63, 3.8) is 0 Å². The monoisotopic (exact) mass is 437 g/mol. The maximum absolute atomic E-state index is 12.4. The number of amides is 5. The van der Waals surface area contributed by atoms with Gasteiger partial charge in [-0.05, 0) is 56.1 Å². The Labute approximate surface area is 178 Å². The Morgan fingerprint density at radius 3 is 2.24 bits per heavy atom. The number of fused-ring (bicyclic) bond motifs is 3. The molecule has 4 unspecified atom stereocenters. The lowest BCUT2D eigenvalue weighted by atomic mass is 9.84. The summed E-state index contributed by atoms with van der Waals surface area (Å²) in [5.74, 6) is -0.198. The van der Waals surface area contributed by atoms with Crippen molar-refractivity contribution in [1.29, 1.82) is 0 Å². The van der Waals surface area contributed by atoms with Gasteiger partial charge < -0.3 is 5.32 Å². The van der Waals surface area contributed by atoms with Crippen LogP contribution >= 0.6 is 23.2 Å². The molecule has 2 aliphatic carbocycles. The van der Waals surface area contributed by atoms with Gasteiger partial charge in [-0.2, -0.15) is 0 Å². The van der Waals surface area contributed by atoms with Crippen molar-refractivity contribution in [1.82, 2.24) is 15.5 Å². The van der Waals surface area contributed by atoms with Crippen molar-refractivity contribution in [3.8, 4) is 0 Å². The maximum Gasteiger partial charge on any atom is 0.321 e. The summed E-state index contributed by atoms with van der Waals surface area (Å²) < 4.78 is 0. The van der Waals surface area contributed by atoms with Crippen LogP contribution in [-0.2, 0) is 4.79 Å². The minimum atomic E-state index is -0.741. The van der Waals surface area contributed by atoms with Crippen LogP contribution in [0.2, 0.25) is 10.0 Å². The summed E-state index contributed by atoms with van der Waals surface area (Å²) in [6.45, 7) is 1.39. The van der Waals surface area contributed by atoms with Crippen LogP contribution in [0, 0.1) is 17.8 Å². The lowest BCUT2D eigenvalue weighted by molar-refractivity contribution is -0.120. The van der Waals surface area contributed by atoms with E-state index in [4.69, 9.17) is 23.2 Å². The Kier molecular flexibility index (Phi) is 5.29. The van der Waals surface area contributed by atoms with E-state index in [0.717, 1.165) is 17.2 Å². The van der Waals surface area contributed by atoms with Gasteiger partial charge in [-0.1, -0.05) is 29.6 Å². The first-order valence-electron chi connectivity index (χ1n) is 9.70.